The molecule has 0 aromatic heterocycles. The second kappa shape index (κ2) is 7.66. The molecule has 0 spiro atoms. The average molecular weight is 311 g/mol. The molecule has 1 aromatic carbocycles. The first-order valence-electron chi connectivity index (χ1n) is 7.53. The molecule has 2 N–H and O–H groups in total. The molecule has 0 unspecified atom stereocenters. The summed E-state index contributed by atoms with van der Waals surface area (Å²) < 4.78 is 5.66. The first-order chi connectivity index (χ1) is 9.79. The van der Waals surface area contributed by atoms with Crippen LogP contribution >= 0.6 is 12.4 Å². The number of hydrogen-bond donors (Lipinski definition) is 2. The van der Waals surface area contributed by atoms with E-state index in [4.69, 9.17) is 4.74 Å². The van der Waals surface area contributed by atoms with E-state index in [0.717, 1.165) is 36.4 Å². The highest BCUT2D eigenvalue weighted by Gasteiger charge is 2.22. The minimum atomic E-state index is 0. The zero-order valence-corrected chi connectivity index (χ0v) is 13.0. The third-order valence-electron chi connectivity index (χ3n) is 3.74. The van der Waals surface area contributed by atoms with Crippen LogP contribution in [0.2, 0.25) is 0 Å². The molecule has 4 nitrogen and oxygen atoms in total. The number of anilines is 1. The van der Waals surface area contributed by atoms with Crippen molar-refractivity contribution in [3.63, 3.8) is 0 Å². The Bertz CT molecular complexity index is 456. The van der Waals surface area contributed by atoms with E-state index < -0.39 is 0 Å². The van der Waals surface area contributed by atoms with E-state index >= 15 is 0 Å². The van der Waals surface area contributed by atoms with Gasteiger partial charge in [-0.05, 0) is 68.3 Å². The molecule has 0 aliphatic heterocycles. The minimum absolute atomic E-state index is 0. The van der Waals surface area contributed by atoms with E-state index in [0.29, 0.717) is 6.54 Å². The summed E-state index contributed by atoms with van der Waals surface area (Å²) in [6.45, 7) is 2.16. The number of hydrogen-bond acceptors (Lipinski definition) is 3. The summed E-state index contributed by atoms with van der Waals surface area (Å²) in [6.07, 6.45) is 5.19. The third-order valence-corrected chi connectivity index (χ3v) is 3.74. The number of carbonyl (C=O) groups excluding carboxylic acids is 1. The van der Waals surface area contributed by atoms with Crippen LogP contribution in [0.25, 0.3) is 0 Å². The maximum absolute atomic E-state index is 11.7. The van der Waals surface area contributed by atoms with Gasteiger partial charge in [-0.2, -0.15) is 0 Å². The minimum Gasteiger partial charge on any atom is -0.493 e. The van der Waals surface area contributed by atoms with Crippen molar-refractivity contribution in [3.8, 4) is 5.75 Å². The van der Waals surface area contributed by atoms with Gasteiger partial charge in [-0.15, -0.1) is 12.4 Å². The smallest absolute Gasteiger partial charge is 0.238 e. The molecule has 1 aromatic rings. The molecule has 0 saturated heterocycles. The van der Waals surface area contributed by atoms with Crippen LogP contribution in [0.15, 0.2) is 24.3 Å². The molecular weight excluding hydrogens is 288 g/mol. The van der Waals surface area contributed by atoms with Crippen LogP contribution in [0.3, 0.4) is 0 Å². The van der Waals surface area contributed by atoms with E-state index in [-0.39, 0.29) is 18.3 Å². The van der Waals surface area contributed by atoms with Crippen molar-refractivity contribution in [2.75, 3.05) is 25.0 Å². The van der Waals surface area contributed by atoms with Crippen molar-refractivity contribution < 1.29 is 9.53 Å². The maximum Gasteiger partial charge on any atom is 0.238 e. The lowest BCUT2D eigenvalue weighted by Crippen LogP contribution is -2.29. The molecule has 21 heavy (non-hydrogen) atoms. The summed E-state index contributed by atoms with van der Waals surface area (Å²) in [5.41, 5.74) is 0.821. The molecule has 0 heterocycles. The van der Waals surface area contributed by atoms with Crippen LogP contribution in [0.5, 0.6) is 5.75 Å². The highest BCUT2D eigenvalue weighted by Crippen LogP contribution is 2.29. The van der Waals surface area contributed by atoms with Gasteiger partial charge in [0.2, 0.25) is 5.91 Å². The zero-order valence-electron chi connectivity index (χ0n) is 12.1. The second-order valence-electron chi connectivity index (χ2n) is 5.90. The van der Waals surface area contributed by atoms with Crippen molar-refractivity contribution >= 4 is 24.0 Å². The average Bonchev–Trinajstić information content (AvgIpc) is 3.33. The molecule has 0 bridgehead atoms. The van der Waals surface area contributed by atoms with Crippen LogP contribution < -0.4 is 15.4 Å². The van der Waals surface area contributed by atoms with E-state index in [1.807, 2.05) is 24.3 Å². The monoisotopic (exact) mass is 310 g/mol. The number of halogens is 1. The summed E-state index contributed by atoms with van der Waals surface area (Å²) in [5.74, 6) is 2.44. The number of ether oxygens (including phenoxy) is 1. The predicted octanol–water partition coefficient (Wildman–Crippen LogP) is 2.84. The van der Waals surface area contributed by atoms with E-state index in [2.05, 4.69) is 10.6 Å². The summed E-state index contributed by atoms with van der Waals surface area (Å²) in [7, 11) is 0. The molecule has 116 valence electrons. The molecule has 2 aliphatic rings. The first-order valence-corrected chi connectivity index (χ1v) is 7.53. The van der Waals surface area contributed by atoms with Gasteiger partial charge in [-0.1, -0.05) is 0 Å². The van der Waals surface area contributed by atoms with E-state index in [1.165, 1.54) is 25.7 Å². The maximum atomic E-state index is 11.7. The Kier molecular flexibility index (Phi) is 5.88. The Morgan fingerprint density at radius 3 is 2.38 bits per heavy atom. The number of rotatable bonds is 8. The predicted molar refractivity (Wildman–Crippen MR) is 86.1 cm³/mol. The number of nitrogens with one attached hydrogen (secondary N) is 2. The van der Waals surface area contributed by atoms with Crippen molar-refractivity contribution in [1.82, 2.24) is 5.32 Å². The molecule has 3 rings (SSSR count). The molecule has 2 fully saturated rings. The van der Waals surface area contributed by atoms with Gasteiger partial charge in [0, 0.05) is 5.69 Å². The number of amides is 1. The number of benzene rings is 1. The van der Waals surface area contributed by atoms with Crippen LogP contribution in [0, 0.1) is 11.8 Å². The van der Waals surface area contributed by atoms with Gasteiger partial charge in [0.25, 0.3) is 0 Å². The molecule has 2 saturated carbocycles. The van der Waals surface area contributed by atoms with E-state index in [1.54, 1.807) is 0 Å². The topological polar surface area (TPSA) is 50.4 Å². The fraction of sp³-hybridized carbons (Fsp3) is 0.562. The largest absolute Gasteiger partial charge is 0.493 e. The third kappa shape index (κ3) is 5.94. The van der Waals surface area contributed by atoms with Crippen molar-refractivity contribution in [3.05, 3.63) is 24.3 Å². The zero-order chi connectivity index (χ0) is 13.8. The standard InChI is InChI=1S/C16H22N2O2.ClH/c19-16(10-17-9-12-1-2-12)18-14-5-7-15(8-6-14)20-11-13-3-4-13;/h5-8,12-13,17H,1-4,9-11H2,(H,18,19);1H. The van der Waals surface area contributed by atoms with Crippen LogP contribution in [-0.4, -0.2) is 25.6 Å². The fourth-order valence-electron chi connectivity index (χ4n) is 2.05. The lowest BCUT2D eigenvalue weighted by Gasteiger charge is -2.08. The summed E-state index contributed by atoms with van der Waals surface area (Å²) in [5, 5.41) is 6.07. The number of carbonyl (C=O) groups is 1. The normalized spacial score (nSPS) is 17.0. The van der Waals surface area contributed by atoms with Crippen molar-refractivity contribution in [2.45, 2.75) is 25.7 Å². The molecule has 1 amide bonds. The lowest BCUT2D eigenvalue weighted by molar-refractivity contribution is -0.115. The quantitative estimate of drug-likeness (QED) is 0.776. The fourth-order valence-corrected chi connectivity index (χ4v) is 2.05. The molecule has 2 aliphatic carbocycles. The molecular formula is C16H23ClN2O2. The molecule has 0 atom stereocenters. The van der Waals surface area contributed by atoms with Gasteiger partial charge in [-0.3, -0.25) is 4.79 Å². The summed E-state index contributed by atoms with van der Waals surface area (Å²) >= 11 is 0. The molecule has 0 radical (unpaired) electrons. The SMILES string of the molecule is Cl.O=C(CNCC1CC1)Nc1ccc(OCC2CC2)cc1. The Balaban J connectivity index is 0.00000161. The van der Waals surface area contributed by atoms with Gasteiger partial charge in [0.1, 0.15) is 5.75 Å². The van der Waals surface area contributed by atoms with E-state index in [9.17, 15) is 4.79 Å². The highest BCUT2D eigenvalue weighted by atomic mass is 35.5. The highest BCUT2D eigenvalue weighted by molar-refractivity contribution is 5.92. The molecule has 5 heteroatoms. The Morgan fingerprint density at radius 1 is 1.10 bits per heavy atom. The second-order valence-corrected chi connectivity index (χ2v) is 5.90. The van der Waals surface area contributed by atoms with Crippen molar-refractivity contribution in [2.24, 2.45) is 11.8 Å². The summed E-state index contributed by atoms with van der Waals surface area (Å²) in [4.78, 5) is 11.7. The van der Waals surface area contributed by atoms with Gasteiger partial charge < -0.3 is 15.4 Å². The Morgan fingerprint density at radius 2 is 1.76 bits per heavy atom. The van der Waals surface area contributed by atoms with Crippen LogP contribution in [0.4, 0.5) is 5.69 Å². The van der Waals surface area contributed by atoms with Crippen molar-refractivity contribution in [1.29, 1.82) is 0 Å². The van der Waals surface area contributed by atoms with Gasteiger partial charge in [0.05, 0.1) is 13.2 Å². The van der Waals surface area contributed by atoms with Gasteiger partial charge in [-0.25, -0.2) is 0 Å². The first kappa shape index (κ1) is 16.1. The lowest BCUT2D eigenvalue weighted by atomic mass is 10.3. The van der Waals surface area contributed by atoms with Gasteiger partial charge >= 0.3 is 0 Å². The van der Waals surface area contributed by atoms with Crippen LogP contribution in [0.1, 0.15) is 25.7 Å². The Labute approximate surface area is 132 Å². The summed E-state index contributed by atoms with van der Waals surface area (Å²) in [6, 6.07) is 7.60. The van der Waals surface area contributed by atoms with Gasteiger partial charge in [0.15, 0.2) is 0 Å². The Hall–Kier alpha value is -1.26. The van der Waals surface area contributed by atoms with Crippen LogP contribution in [-0.2, 0) is 4.79 Å².